The number of halogens is 2. The summed E-state index contributed by atoms with van der Waals surface area (Å²) in [7, 11) is 0. The molecule has 0 saturated carbocycles. The van der Waals surface area contributed by atoms with Crippen LogP contribution >= 0.6 is 23.2 Å². The van der Waals surface area contributed by atoms with E-state index in [-0.39, 0.29) is 11.4 Å². The van der Waals surface area contributed by atoms with E-state index in [9.17, 15) is 0 Å². The first-order valence-corrected chi connectivity index (χ1v) is 7.25. The second kappa shape index (κ2) is 5.54. The molecule has 2 aromatic carbocycles. The lowest BCUT2D eigenvalue weighted by Gasteiger charge is -2.17. The van der Waals surface area contributed by atoms with Crippen LogP contribution < -0.4 is 5.32 Å². The average molecular weight is 292 g/mol. The van der Waals surface area contributed by atoms with E-state index in [2.05, 4.69) is 35.6 Å². The molecule has 2 atom stereocenters. The van der Waals surface area contributed by atoms with E-state index in [1.807, 2.05) is 18.2 Å². The Morgan fingerprint density at radius 3 is 2.79 bits per heavy atom. The molecule has 0 aromatic heterocycles. The van der Waals surface area contributed by atoms with Crippen LogP contribution in [0.2, 0.25) is 5.02 Å². The van der Waals surface area contributed by atoms with Gasteiger partial charge in [-0.05, 0) is 35.2 Å². The Morgan fingerprint density at radius 1 is 1.11 bits per heavy atom. The normalized spacial score (nSPS) is 21.4. The Hall–Kier alpha value is -1.02. The molecule has 1 N–H and O–H groups in total. The molecule has 0 fully saturated rings. The molecule has 0 aliphatic heterocycles. The van der Waals surface area contributed by atoms with Crippen molar-refractivity contribution in [2.24, 2.45) is 0 Å². The van der Waals surface area contributed by atoms with Crippen LogP contribution in [0.25, 0.3) is 0 Å². The lowest BCUT2D eigenvalue weighted by atomic mass is 10.1. The average Bonchev–Trinajstić information content (AvgIpc) is 2.72. The van der Waals surface area contributed by atoms with Gasteiger partial charge in [0.2, 0.25) is 0 Å². The monoisotopic (exact) mass is 291 g/mol. The van der Waals surface area contributed by atoms with Gasteiger partial charge in [-0.2, -0.15) is 0 Å². The number of hydrogen-bond donors (Lipinski definition) is 1. The molecule has 3 rings (SSSR count). The van der Waals surface area contributed by atoms with Crippen LogP contribution in [0.3, 0.4) is 0 Å². The molecule has 0 saturated heterocycles. The fourth-order valence-corrected chi connectivity index (χ4v) is 3.26. The SMILES string of the molecule is Clc1cccc(CNC2c3ccccc3CC2Cl)c1. The summed E-state index contributed by atoms with van der Waals surface area (Å²) in [5, 5.41) is 4.43. The largest absolute Gasteiger partial charge is 0.305 e. The van der Waals surface area contributed by atoms with Crippen molar-refractivity contribution in [2.75, 3.05) is 0 Å². The number of alkyl halides is 1. The van der Waals surface area contributed by atoms with Crippen molar-refractivity contribution in [1.29, 1.82) is 0 Å². The van der Waals surface area contributed by atoms with Crippen LogP contribution in [0, 0.1) is 0 Å². The van der Waals surface area contributed by atoms with Gasteiger partial charge >= 0.3 is 0 Å². The van der Waals surface area contributed by atoms with Crippen molar-refractivity contribution in [3.05, 3.63) is 70.2 Å². The lowest BCUT2D eigenvalue weighted by molar-refractivity contribution is 0.536. The van der Waals surface area contributed by atoms with Gasteiger partial charge in [0.05, 0.1) is 5.38 Å². The predicted molar refractivity (Wildman–Crippen MR) is 80.8 cm³/mol. The number of hydrogen-bond acceptors (Lipinski definition) is 1. The van der Waals surface area contributed by atoms with Crippen molar-refractivity contribution < 1.29 is 0 Å². The zero-order chi connectivity index (χ0) is 13.2. The van der Waals surface area contributed by atoms with Crippen LogP contribution in [-0.2, 0) is 13.0 Å². The van der Waals surface area contributed by atoms with Gasteiger partial charge in [-0.1, -0.05) is 48.0 Å². The summed E-state index contributed by atoms with van der Waals surface area (Å²) in [4.78, 5) is 0. The van der Waals surface area contributed by atoms with Crippen LogP contribution in [0.1, 0.15) is 22.7 Å². The topological polar surface area (TPSA) is 12.0 Å². The Bertz CT molecular complexity index is 582. The zero-order valence-electron chi connectivity index (χ0n) is 10.4. The number of nitrogens with one attached hydrogen (secondary N) is 1. The fraction of sp³-hybridized carbons (Fsp3) is 0.250. The third-order valence-electron chi connectivity index (χ3n) is 3.58. The summed E-state index contributed by atoms with van der Waals surface area (Å²) in [6, 6.07) is 16.6. The Kier molecular flexibility index (Phi) is 3.79. The molecule has 0 spiro atoms. The van der Waals surface area contributed by atoms with Gasteiger partial charge in [0, 0.05) is 17.6 Å². The molecule has 2 aromatic rings. The highest BCUT2D eigenvalue weighted by molar-refractivity contribution is 6.30. The third kappa shape index (κ3) is 2.79. The van der Waals surface area contributed by atoms with Gasteiger partial charge in [-0.3, -0.25) is 0 Å². The standard InChI is InChI=1S/C16H15Cl2N/c17-13-6-3-4-11(8-13)10-19-16-14-7-2-1-5-12(14)9-15(16)18/h1-8,15-16,19H,9-10H2. The molecule has 1 aliphatic carbocycles. The smallest absolute Gasteiger partial charge is 0.0571 e. The lowest BCUT2D eigenvalue weighted by Crippen LogP contribution is -2.25. The van der Waals surface area contributed by atoms with Gasteiger partial charge in [0.15, 0.2) is 0 Å². The third-order valence-corrected chi connectivity index (χ3v) is 4.22. The van der Waals surface area contributed by atoms with E-state index < -0.39 is 0 Å². The quantitative estimate of drug-likeness (QED) is 0.830. The van der Waals surface area contributed by atoms with E-state index >= 15 is 0 Å². The minimum absolute atomic E-state index is 0.122. The predicted octanol–water partition coefficient (Wildman–Crippen LogP) is 4.33. The van der Waals surface area contributed by atoms with Crippen molar-refractivity contribution >= 4 is 23.2 Å². The molecule has 0 amide bonds. The molecular formula is C16H15Cl2N. The summed E-state index contributed by atoms with van der Waals surface area (Å²) in [5.41, 5.74) is 3.86. The summed E-state index contributed by atoms with van der Waals surface area (Å²) in [6.45, 7) is 0.781. The maximum Gasteiger partial charge on any atom is 0.0571 e. The summed E-state index contributed by atoms with van der Waals surface area (Å²) < 4.78 is 0. The molecule has 3 heteroatoms. The van der Waals surface area contributed by atoms with E-state index in [1.165, 1.54) is 16.7 Å². The van der Waals surface area contributed by atoms with Crippen molar-refractivity contribution in [2.45, 2.75) is 24.4 Å². The highest BCUT2D eigenvalue weighted by atomic mass is 35.5. The van der Waals surface area contributed by atoms with Crippen LogP contribution in [0.4, 0.5) is 0 Å². The van der Waals surface area contributed by atoms with Crippen LogP contribution in [0.5, 0.6) is 0 Å². The van der Waals surface area contributed by atoms with Crippen LogP contribution in [-0.4, -0.2) is 5.38 Å². The summed E-state index contributed by atoms with van der Waals surface area (Å²) in [6.07, 6.45) is 0.935. The molecule has 0 radical (unpaired) electrons. The van der Waals surface area contributed by atoms with Gasteiger partial charge < -0.3 is 5.32 Å². The number of fused-ring (bicyclic) bond motifs is 1. The van der Waals surface area contributed by atoms with Crippen molar-refractivity contribution in [3.8, 4) is 0 Å². The van der Waals surface area contributed by atoms with Crippen molar-refractivity contribution in [1.82, 2.24) is 5.32 Å². The molecule has 1 nitrogen and oxygen atoms in total. The van der Waals surface area contributed by atoms with Gasteiger partial charge in [-0.25, -0.2) is 0 Å². The molecule has 19 heavy (non-hydrogen) atoms. The molecular weight excluding hydrogens is 277 g/mol. The van der Waals surface area contributed by atoms with E-state index in [0.29, 0.717) is 0 Å². The molecule has 0 bridgehead atoms. The minimum Gasteiger partial charge on any atom is -0.305 e. The van der Waals surface area contributed by atoms with Gasteiger partial charge in [-0.15, -0.1) is 11.6 Å². The van der Waals surface area contributed by atoms with Crippen molar-refractivity contribution in [3.63, 3.8) is 0 Å². The van der Waals surface area contributed by atoms with E-state index in [0.717, 1.165) is 18.0 Å². The maximum absolute atomic E-state index is 6.45. The number of rotatable bonds is 3. The molecule has 1 aliphatic rings. The second-order valence-electron chi connectivity index (χ2n) is 4.91. The maximum atomic E-state index is 6.45. The van der Waals surface area contributed by atoms with Gasteiger partial charge in [0.25, 0.3) is 0 Å². The molecule has 98 valence electrons. The first kappa shape index (κ1) is 13.0. The number of benzene rings is 2. The van der Waals surface area contributed by atoms with Gasteiger partial charge in [0.1, 0.15) is 0 Å². The minimum atomic E-state index is 0.122. The van der Waals surface area contributed by atoms with E-state index in [4.69, 9.17) is 23.2 Å². The Labute approximate surface area is 123 Å². The van der Waals surface area contributed by atoms with E-state index in [1.54, 1.807) is 0 Å². The molecule has 0 heterocycles. The fourth-order valence-electron chi connectivity index (χ4n) is 2.66. The summed E-state index contributed by atoms with van der Waals surface area (Å²) in [5.74, 6) is 0. The first-order chi connectivity index (χ1) is 9.24. The molecule has 2 unspecified atom stereocenters. The Morgan fingerprint density at radius 2 is 1.95 bits per heavy atom. The first-order valence-electron chi connectivity index (χ1n) is 6.44. The summed E-state index contributed by atoms with van der Waals surface area (Å²) >= 11 is 12.4. The highest BCUT2D eigenvalue weighted by Crippen LogP contribution is 2.34. The second-order valence-corrected chi connectivity index (χ2v) is 5.90. The Balaban J connectivity index is 1.74. The zero-order valence-corrected chi connectivity index (χ0v) is 12.0. The van der Waals surface area contributed by atoms with Crippen LogP contribution in [0.15, 0.2) is 48.5 Å². The highest BCUT2D eigenvalue weighted by Gasteiger charge is 2.29.